The molecule has 19 heavy (non-hydrogen) atoms. The van der Waals surface area contributed by atoms with Crippen molar-refractivity contribution in [3.8, 4) is 17.6 Å². The Labute approximate surface area is 117 Å². The third-order valence-corrected chi connectivity index (χ3v) is 2.75. The molecular formula is C16H13ClO2. The monoisotopic (exact) mass is 272 g/mol. The summed E-state index contributed by atoms with van der Waals surface area (Å²) < 4.78 is 5.73. The highest BCUT2D eigenvalue weighted by atomic mass is 35.5. The molecule has 2 rings (SSSR count). The fourth-order valence-corrected chi connectivity index (χ4v) is 1.70. The third kappa shape index (κ3) is 4.03. The van der Waals surface area contributed by atoms with E-state index in [9.17, 15) is 0 Å². The maximum atomic E-state index is 8.73. The maximum Gasteiger partial charge on any atom is 0.135 e. The van der Waals surface area contributed by atoms with Gasteiger partial charge in [-0.2, -0.15) is 0 Å². The van der Waals surface area contributed by atoms with Crippen LogP contribution in [0.2, 0.25) is 5.02 Å². The van der Waals surface area contributed by atoms with E-state index in [0.29, 0.717) is 17.4 Å². The first-order valence-electron chi connectivity index (χ1n) is 5.85. The van der Waals surface area contributed by atoms with Crippen LogP contribution in [0.1, 0.15) is 11.1 Å². The molecule has 0 aromatic heterocycles. The van der Waals surface area contributed by atoms with Gasteiger partial charge in [0.1, 0.15) is 19.0 Å². The molecule has 0 atom stereocenters. The SMILES string of the molecule is OCC#Cc1ccccc1OCc1ccc(Cl)cc1. The van der Waals surface area contributed by atoms with E-state index in [0.717, 1.165) is 11.1 Å². The van der Waals surface area contributed by atoms with E-state index in [1.165, 1.54) is 0 Å². The first kappa shape index (κ1) is 13.5. The lowest BCUT2D eigenvalue weighted by Gasteiger charge is -2.08. The van der Waals surface area contributed by atoms with E-state index in [1.54, 1.807) is 0 Å². The summed E-state index contributed by atoms with van der Waals surface area (Å²) in [4.78, 5) is 0. The van der Waals surface area contributed by atoms with Crippen LogP contribution in [0.5, 0.6) is 5.75 Å². The van der Waals surface area contributed by atoms with Gasteiger partial charge in [0, 0.05) is 5.02 Å². The molecule has 0 aliphatic carbocycles. The molecule has 0 saturated heterocycles. The van der Waals surface area contributed by atoms with E-state index in [1.807, 2.05) is 48.5 Å². The Morgan fingerprint density at radius 3 is 2.53 bits per heavy atom. The minimum Gasteiger partial charge on any atom is -0.488 e. The lowest BCUT2D eigenvalue weighted by atomic mass is 10.2. The number of hydrogen-bond acceptors (Lipinski definition) is 2. The number of ether oxygens (including phenoxy) is 1. The number of aliphatic hydroxyl groups is 1. The second-order valence-corrected chi connectivity index (χ2v) is 4.31. The van der Waals surface area contributed by atoms with Crippen molar-refractivity contribution >= 4 is 11.6 Å². The Kier molecular flexibility index (Phi) is 4.85. The molecule has 1 N–H and O–H groups in total. The summed E-state index contributed by atoms with van der Waals surface area (Å²) in [6.45, 7) is 0.292. The molecule has 96 valence electrons. The van der Waals surface area contributed by atoms with Gasteiger partial charge in [-0.25, -0.2) is 0 Å². The van der Waals surface area contributed by atoms with Crippen molar-refractivity contribution in [1.29, 1.82) is 0 Å². The minimum absolute atomic E-state index is 0.161. The van der Waals surface area contributed by atoms with Crippen LogP contribution in [-0.2, 0) is 6.61 Å². The van der Waals surface area contributed by atoms with E-state index in [-0.39, 0.29) is 6.61 Å². The highest BCUT2D eigenvalue weighted by Gasteiger charge is 2.01. The van der Waals surface area contributed by atoms with Crippen LogP contribution >= 0.6 is 11.6 Å². The van der Waals surface area contributed by atoms with E-state index < -0.39 is 0 Å². The second-order valence-electron chi connectivity index (χ2n) is 3.87. The molecule has 0 saturated carbocycles. The van der Waals surface area contributed by atoms with Crippen molar-refractivity contribution in [2.75, 3.05) is 6.61 Å². The second kappa shape index (κ2) is 6.84. The lowest BCUT2D eigenvalue weighted by molar-refractivity contribution is 0.305. The predicted molar refractivity (Wildman–Crippen MR) is 76.2 cm³/mol. The molecule has 0 bridgehead atoms. The zero-order valence-corrected chi connectivity index (χ0v) is 11.0. The standard InChI is InChI=1S/C16H13ClO2/c17-15-9-7-13(8-10-15)12-19-16-6-2-1-4-14(16)5-3-11-18/h1-2,4,6-10,18H,11-12H2. The molecule has 3 heteroatoms. The van der Waals surface area contributed by atoms with Crippen LogP contribution in [0.15, 0.2) is 48.5 Å². The van der Waals surface area contributed by atoms with Crippen molar-refractivity contribution in [3.63, 3.8) is 0 Å². The molecule has 0 aliphatic rings. The quantitative estimate of drug-likeness (QED) is 0.869. The Balaban J connectivity index is 2.09. The fourth-order valence-electron chi connectivity index (χ4n) is 1.57. The van der Waals surface area contributed by atoms with E-state index >= 15 is 0 Å². The van der Waals surface area contributed by atoms with Crippen LogP contribution in [0.4, 0.5) is 0 Å². The Morgan fingerprint density at radius 2 is 1.79 bits per heavy atom. The molecule has 0 unspecified atom stereocenters. The van der Waals surface area contributed by atoms with E-state index in [4.69, 9.17) is 21.4 Å². The number of para-hydroxylation sites is 1. The topological polar surface area (TPSA) is 29.5 Å². The molecular weight excluding hydrogens is 260 g/mol. The molecule has 0 aliphatic heterocycles. The summed E-state index contributed by atoms with van der Waals surface area (Å²) in [5, 5.41) is 9.43. The van der Waals surface area contributed by atoms with Crippen molar-refractivity contribution in [2.24, 2.45) is 0 Å². The van der Waals surface area contributed by atoms with Crippen molar-refractivity contribution in [1.82, 2.24) is 0 Å². The lowest BCUT2D eigenvalue weighted by Crippen LogP contribution is -1.97. The Morgan fingerprint density at radius 1 is 1.05 bits per heavy atom. The fraction of sp³-hybridized carbons (Fsp3) is 0.125. The van der Waals surface area contributed by atoms with Gasteiger partial charge in [-0.05, 0) is 29.8 Å². The van der Waals surface area contributed by atoms with Gasteiger partial charge in [0.05, 0.1) is 5.56 Å². The summed E-state index contributed by atoms with van der Waals surface area (Å²) in [5.74, 6) is 6.19. The van der Waals surface area contributed by atoms with Crippen molar-refractivity contribution in [2.45, 2.75) is 6.61 Å². The van der Waals surface area contributed by atoms with Crippen molar-refractivity contribution < 1.29 is 9.84 Å². The van der Waals surface area contributed by atoms with Crippen LogP contribution in [0.3, 0.4) is 0 Å². The molecule has 2 aromatic rings. The van der Waals surface area contributed by atoms with Gasteiger partial charge in [-0.1, -0.05) is 47.7 Å². The first-order valence-corrected chi connectivity index (χ1v) is 6.23. The number of halogens is 1. The molecule has 0 amide bonds. The van der Waals surface area contributed by atoms with Gasteiger partial charge < -0.3 is 9.84 Å². The van der Waals surface area contributed by atoms with Gasteiger partial charge >= 0.3 is 0 Å². The largest absolute Gasteiger partial charge is 0.488 e. The van der Waals surface area contributed by atoms with Crippen LogP contribution < -0.4 is 4.74 Å². The summed E-state index contributed by atoms with van der Waals surface area (Å²) in [6.07, 6.45) is 0. The number of benzene rings is 2. The molecule has 2 nitrogen and oxygen atoms in total. The number of hydrogen-bond donors (Lipinski definition) is 1. The normalized spacial score (nSPS) is 9.58. The summed E-state index contributed by atoms with van der Waals surface area (Å²) in [5.41, 5.74) is 1.81. The molecule has 0 spiro atoms. The van der Waals surface area contributed by atoms with Gasteiger partial charge in [0.25, 0.3) is 0 Å². The predicted octanol–water partition coefficient (Wildman–Crippen LogP) is 3.26. The average molecular weight is 273 g/mol. The van der Waals surface area contributed by atoms with E-state index in [2.05, 4.69) is 11.8 Å². The summed E-state index contributed by atoms with van der Waals surface area (Å²) >= 11 is 5.83. The van der Waals surface area contributed by atoms with Crippen LogP contribution in [0.25, 0.3) is 0 Å². The Hall–Kier alpha value is -1.95. The molecule has 0 radical (unpaired) electrons. The highest BCUT2D eigenvalue weighted by molar-refractivity contribution is 6.30. The maximum absolute atomic E-state index is 8.73. The molecule has 2 aromatic carbocycles. The van der Waals surface area contributed by atoms with Gasteiger partial charge in [0.15, 0.2) is 0 Å². The minimum atomic E-state index is -0.161. The van der Waals surface area contributed by atoms with Crippen LogP contribution in [0, 0.1) is 11.8 Å². The van der Waals surface area contributed by atoms with Gasteiger partial charge in [-0.15, -0.1) is 0 Å². The zero-order chi connectivity index (χ0) is 13.5. The molecule has 0 heterocycles. The summed E-state index contributed by atoms with van der Waals surface area (Å²) in [7, 11) is 0. The Bertz CT molecular complexity index is 594. The third-order valence-electron chi connectivity index (χ3n) is 2.50. The summed E-state index contributed by atoms with van der Waals surface area (Å²) in [6, 6.07) is 15.0. The van der Waals surface area contributed by atoms with Crippen LogP contribution in [-0.4, -0.2) is 11.7 Å². The van der Waals surface area contributed by atoms with Crippen molar-refractivity contribution in [3.05, 3.63) is 64.7 Å². The highest BCUT2D eigenvalue weighted by Crippen LogP contribution is 2.19. The first-order chi connectivity index (χ1) is 9.29. The van der Waals surface area contributed by atoms with Gasteiger partial charge in [-0.3, -0.25) is 0 Å². The zero-order valence-electron chi connectivity index (χ0n) is 10.3. The van der Waals surface area contributed by atoms with Gasteiger partial charge in [0.2, 0.25) is 0 Å². The number of aliphatic hydroxyl groups excluding tert-OH is 1. The average Bonchev–Trinajstić information content (AvgIpc) is 2.45. The smallest absolute Gasteiger partial charge is 0.135 e. The molecule has 0 fully saturated rings. The number of rotatable bonds is 3.